The summed E-state index contributed by atoms with van der Waals surface area (Å²) >= 11 is 0. The van der Waals surface area contributed by atoms with Gasteiger partial charge in [-0.1, -0.05) is 29.8 Å². The molecule has 0 unspecified atom stereocenters. The van der Waals surface area contributed by atoms with E-state index < -0.39 is 6.03 Å². The van der Waals surface area contributed by atoms with Crippen LogP contribution < -0.4 is 15.4 Å². The maximum atomic E-state index is 12.7. The SMILES string of the molecule is COc1ccc(-c2noc(CCCCCNC(=O)c3ccccc3CN3C(=O)CNC3=O)n2)cc1. The number of nitrogens with one attached hydrogen (secondary N) is 2. The highest BCUT2D eigenvalue weighted by molar-refractivity contribution is 6.02. The number of aryl methyl sites for hydroxylation is 1. The lowest BCUT2D eigenvalue weighted by molar-refractivity contribution is -0.125. The van der Waals surface area contributed by atoms with Crippen molar-refractivity contribution in [3.63, 3.8) is 0 Å². The first-order chi connectivity index (χ1) is 17.0. The molecule has 35 heavy (non-hydrogen) atoms. The Morgan fingerprint density at radius 3 is 2.66 bits per heavy atom. The number of carbonyl (C=O) groups is 3. The highest BCUT2D eigenvalue weighted by Gasteiger charge is 2.29. The van der Waals surface area contributed by atoms with Gasteiger partial charge in [0.15, 0.2) is 0 Å². The van der Waals surface area contributed by atoms with Crippen LogP contribution >= 0.6 is 0 Å². The minimum absolute atomic E-state index is 0.0143. The number of methoxy groups -OCH3 is 1. The van der Waals surface area contributed by atoms with E-state index in [4.69, 9.17) is 9.26 Å². The molecule has 1 aliphatic heterocycles. The summed E-state index contributed by atoms with van der Waals surface area (Å²) in [6, 6.07) is 14.0. The quantitative estimate of drug-likeness (QED) is 0.321. The Bertz CT molecular complexity index is 1170. The number of rotatable bonds is 11. The molecule has 1 saturated heterocycles. The molecule has 2 heterocycles. The van der Waals surface area contributed by atoms with E-state index in [9.17, 15) is 14.4 Å². The lowest BCUT2D eigenvalue weighted by Gasteiger charge is -2.15. The average molecular weight is 478 g/mol. The summed E-state index contributed by atoms with van der Waals surface area (Å²) in [7, 11) is 1.62. The van der Waals surface area contributed by atoms with Crippen molar-refractivity contribution in [3.05, 3.63) is 65.5 Å². The maximum Gasteiger partial charge on any atom is 0.324 e. The number of nitrogens with zero attached hydrogens (tertiary/aromatic N) is 3. The molecular weight excluding hydrogens is 450 g/mol. The molecule has 2 N–H and O–H groups in total. The predicted molar refractivity (Wildman–Crippen MR) is 127 cm³/mol. The van der Waals surface area contributed by atoms with Gasteiger partial charge in [0.25, 0.3) is 5.91 Å². The van der Waals surface area contributed by atoms with Gasteiger partial charge in [-0.2, -0.15) is 4.98 Å². The third kappa shape index (κ3) is 6.03. The van der Waals surface area contributed by atoms with Crippen molar-refractivity contribution in [2.24, 2.45) is 0 Å². The lowest BCUT2D eigenvalue weighted by Crippen LogP contribution is -2.32. The molecule has 3 aromatic rings. The number of amides is 4. The van der Waals surface area contributed by atoms with Crippen molar-refractivity contribution in [1.82, 2.24) is 25.7 Å². The van der Waals surface area contributed by atoms with Crippen molar-refractivity contribution in [1.29, 1.82) is 0 Å². The minimum Gasteiger partial charge on any atom is -0.497 e. The molecule has 4 amide bonds. The van der Waals surface area contributed by atoms with Gasteiger partial charge in [0, 0.05) is 24.1 Å². The molecule has 10 heteroatoms. The first-order valence-corrected chi connectivity index (χ1v) is 11.5. The standard InChI is InChI=1S/C25H27N5O5/c1-34-19-12-10-17(11-13-19)23-28-21(35-29-23)9-3-2-6-14-26-24(32)20-8-5-4-7-18(20)16-30-22(31)15-27-25(30)33/h4-5,7-8,10-13H,2-3,6,9,14-16H2,1H3,(H,26,32)(H,27,33). The van der Waals surface area contributed by atoms with Crippen LogP contribution in [0.4, 0.5) is 4.79 Å². The second-order valence-corrected chi connectivity index (χ2v) is 8.10. The fourth-order valence-corrected chi connectivity index (χ4v) is 3.75. The van der Waals surface area contributed by atoms with E-state index in [1.54, 1.807) is 31.4 Å². The highest BCUT2D eigenvalue weighted by atomic mass is 16.5. The molecule has 4 rings (SSSR count). The molecule has 0 spiro atoms. The van der Waals surface area contributed by atoms with Crippen LogP contribution in [0.1, 0.15) is 41.1 Å². The molecule has 0 atom stereocenters. The largest absolute Gasteiger partial charge is 0.497 e. The Labute approximate surface area is 202 Å². The topological polar surface area (TPSA) is 127 Å². The second kappa shape index (κ2) is 11.3. The van der Waals surface area contributed by atoms with E-state index in [2.05, 4.69) is 20.8 Å². The monoisotopic (exact) mass is 477 g/mol. The normalized spacial score (nSPS) is 13.1. The van der Waals surface area contributed by atoms with E-state index in [1.807, 2.05) is 24.3 Å². The number of aromatic nitrogens is 2. The van der Waals surface area contributed by atoms with E-state index in [0.717, 1.165) is 35.5 Å². The molecule has 0 aliphatic carbocycles. The van der Waals surface area contributed by atoms with E-state index in [0.29, 0.717) is 35.8 Å². The van der Waals surface area contributed by atoms with Gasteiger partial charge in [0.05, 0.1) is 20.2 Å². The van der Waals surface area contributed by atoms with E-state index in [-0.39, 0.29) is 24.9 Å². The van der Waals surface area contributed by atoms with Gasteiger partial charge in [-0.05, 0) is 48.7 Å². The van der Waals surface area contributed by atoms with Crippen LogP contribution in [0.15, 0.2) is 53.1 Å². The van der Waals surface area contributed by atoms with Crippen LogP contribution in [-0.4, -0.2) is 53.1 Å². The number of hydrogen-bond donors (Lipinski definition) is 2. The first-order valence-electron chi connectivity index (χ1n) is 11.5. The van der Waals surface area contributed by atoms with Crippen molar-refractivity contribution in [2.45, 2.75) is 32.2 Å². The predicted octanol–water partition coefficient (Wildman–Crippen LogP) is 2.94. The number of benzene rings is 2. The van der Waals surface area contributed by atoms with Crippen molar-refractivity contribution >= 4 is 17.8 Å². The number of imide groups is 1. The van der Waals surface area contributed by atoms with Gasteiger partial charge >= 0.3 is 6.03 Å². The first kappa shape index (κ1) is 23.9. The highest BCUT2D eigenvalue weighted by Crippen LogP contribution is 2.20. The summed E-state index contributed by atoms with van der Waals surface area (Å²) in [5.41, 5.74) is 1.94. The van der Waals surface area contributed by atoms with Crippen LogP contribution in [0.25, 0.3) is 11.4 Å². The van der Waals surface area contributed by atoms with Crippen molar-refractivity contribution < 1.29 is 23.6 Å². The molecule has 2 aromatic carbocycles. The van der Waals surface area contributed by atoms with Crippen LogP contribution in [0.5, 0.6) is 5.75 Å². The van der Waals surface area contributed by atoms with Crippen LogP contribution in [-0.2, 0) is 17.8 Å². The Hall–Kier alpha value is -4.21. The smallest absolute Gasteiger partial charge is 0.324 e. The molecule has 10 nitrogen and oxygen atoms in total. The Kier molecular flexibility index (Phi) is 7.71. The minimum atomic E-state index is -0.442. The number of hydrogen-bond acceptors (Lipinski definition) is 7. The molecule has 1 aromatic heterocycles. The molecule has 0 radical (unpaired) electrons. The maximum absolute atomic E-state index is 12.7. The van der Waals surface area contributed by atoms with Crippen molar-refractivity contribution in [2.75, 3.05) is 20.2 Å². The van der Waals surface area contributed by atoms with Crippen LogP contribution in [0.3, 0.4) is 0 Å². The number of carbonyl (C=O) groups excluding carboxylic acids is 3. The molecule has 1 aliphatic rings. The zero-order valence-electron chi connectivity index (χ0n) is 19.5. The van der Waals surface area contributed by atoms with Gasteiger partial charge in [-0.15, -0.1) is 0 Å². The zero-order chi connectivity index (χ0) is 24.6. The molecule has 0 saturated carbocycles. The Balaban J connectivity index is 1.20. The van der Waals surface area contributed by atoms with Crippen molar-refractivity contribution in [3.8, 4) is 17.1 Å². The van der Waals surface area contributed by atoms with Gasteiger partial charge < -0.3 is 19.9 Å². The third-order valence-corrected chi connectivity index (χ3v) is 5.70. The van der Waals surface area contributed by atoms with E-state index in [1.165, 1.54) is 0 Å². The number of urea groups is 1. The molecule has 182 valence electrons. The molecular formula is C25H27N5O5. The second-order valence-electron chi connectivity index (χ2n) is 8.10. The van der Waals surface area contributed by atoms with E-state index >= 15 is 0 Å². The van der Waals surface area contributed by atoms with Gasteiger partial charge in [0.2, 0.25) is 17.6 Å². The number of unbranched alkanes of at least 4 members (excludes halogenated alkanes) is 2. The summed E-state index contributed by atoms with van der Waals surface area (Å²) in [5.74, 6) is 1.36. The fourth-order valence-electron chi connectivity index (χ4n) is 3.75. The molecule has 1 fully saturated rings. The third-order valence-electron chi connectivity index (χ3n) is 5.70. The fraction of sp³-hybridized carbons (Fsp3) is 0.320. The van der Waals surface area contributed by atoms with Gasteiger partial charge in [-0.25, -0.2) is 4.79 Å². The van der Waals surface area contributed by atoms with Crippen LogP contribution in [0.2, 0.25) is 0 Å². The van der Waals surface area contributed by atoms with Gasteiger partial charge in [0.1, 0.15) is 5.75 Å². The summed E-state index contributed by atoms with van der Waals surface area (Å²) in [4.78, 5) is 41.9. The van der Waals surface area contributed by atoms with Gasteiger partial charge in [-0.3, -0.25) is 14.5 Å². The summed E-state index contributed by atoms with van der Waals surface area (Å²) in [6.07, 6.45) is 3.18. The summed E-state index contributed by atoms with van der Waals surface area (Å²) in [6.45, 7) is 0.563. The average Bonchev–Trinajstić information content (AvgIpc) is 3.48. The summed E-state index contributed by atoms with van der Waals surface area (Å²) < 4.78 is 10.5. The Morgan fingerprint density at radius 1 is 1.11 bits per heavy atom. The number of ether oxygens (including phenoxy) is 1. The lowest BCUT2D eigenvalue weighted by atomic mass is 10.1. The Morgan fingerprint density at radius 2 is 1.91 bits per heavy atom. The summed E-state index contributed by atoms with van der Waals surface area (Å²) in [5, 5.41) is 9.44. The molecule has 0 bridgehead atoms. The zero-order valence-corrected chi connectivity index (χ0v) is 19.5. The van der Waals surface area contributed by atoms with Crippen LogP contribution in [0, 0.1) is 0 Å².